The zero-order valence-corrected chi connectivity index (χ0v) is 14.5. The minimum atomic E-state index is -0.813. The first-order valence-electron chi connectivity index (χ1n) is 7.04. The molecule has 0 aliphatic carbocycles. The molecule has 1 aromatic rings. The highest BCUT2D eigenvalue weighted by atomic mass is 32.2. The number of ketones is 1. The van der Waals surface area contributed by atoms with E-state index in [1.165, 1.54) is 23.9 Å². The maximum Gasteiger partial charge on any atom is 0.373 e. The Labute approximate surface area is 140 Å². The quantitative estimate of drug-likeness (QED) is 0.271. The van der Waals surface area contributed by atoms with Crippen LogP contribution in [0, 0.1) is 0 Å². The number of allylic oxidation sites excluding steroid dienone is 3. The Morgan fingerprint density at radius 1 is 1.22 bits per heavy atom. The SMILES string of the molecule is CCOC(=O)C(O)=CC=C(SC)C(=O)c1ccc(N(C)C)cc1. The van der Waals surface area contributed by atoms with Crippen LogP contribution in [-0.2, 0) is 9.53 Å². The maximum absolute atomic E-state index is 12.4. The van der Waals surface area contributed by atoms with Crippen LogP contribution in [0.15, 0.2) is 47.1 Å². The summed E-state index contributed by atoms with van der Waals surface area (Å²) in [6, 6.07) is 7.21. The summed E-state index contributed by atoms with van der Waals surface area (Å²) in [4.78, 5) is 26.1. The van der Waals surface area contributed by atoms with Gasteiger partial charge in [-0.2, -0.15) is 0 Å². The summed E-state index contributed by atoms with van der Waals surface area (Å²) in [5.74, 6) is -1.52. The van der Waals surface area contributed by atoms with E-state index in [2.05, 4.69) is 4.74 Å². The van der Waals surface area contributed by atoms with Crippen LogP contribution < -0.4 is 4.90 Å². The largest absolute Gasteiger partial charge is 0.502 e. The van der Waals surface area contributed by atoms with Crippen LogP contribution in [0.1, 0.15) is 17.3 Å². The standard InChI is InChI=1S/C17H21NO4S/c1-5-22-17(21)14(19)10-11-15(23-4)16(20)12-6-8-13(9-7-12)18(2)3/h6-11,19H,5H2,1-4H3. The summed E-state index contributed by atoms with van der Waals surface area (Å²) < 4.78 is 4.67. The van der Waals surface area contributed by atoms with E-state index in [0.29, 0.717) is 10.5 Å². The molecule has 0 bridgehead atoms. The van der Waals surface area contributed by atoms with E-state index in [1.54, 1.807) is 25.3 Å². The highest BCUT2D eigenvalue weighted by Crippen LogP contribution is 2.21. The number of benzene rings is 1. The molecule has 0 saturated heterocycles. The van der Waals surface area contributed by atoms with Crippen molar-refractivity contribution < 1.29 is 19.4 Å². The number of Topliss-reactive ketones (excluding diaryl/α,β-unsaturated/α-hetero) is 1. The molecule has 0 aliphatic rings. The number of carbonyl (C=O) groups is 2. The Balaban J connectivity index is 2.96. The second kappa shape index (κ2) is 9.05. The average Bonchev–Trinajstić information content (AvgIpc) is 2.55. The molecular weight excluding hydrogens is 314 g/mol. The predicted octanol–water partition coefficient (Wildman–Crippen LogP) is 3.19. The third kappa shape index (κ3) is 5.49. The van der Waals surface area contributed by atoms with Crippen LogP contribution >= 0.6 is 11.8 Å². The third-order valence-electron chi connectivity index (χ3n) is 2.97. The number of aliphatic hydroxyl groups is 1. The molecule has 1 N–H and O–H groups in total. The molecule has 0 atom stereocenters. The lowest BCUT2D eigenvalue weighted by Gasteiger charge is -2.12. The summed E-state index contributed by atoms with van der Waals surface area (Å²) in [5.41, 5.74) is 1.54. The molecule has 0 fully saturated rings. The minimum absolute atomic E-state index is 0.171. The fourth-order valence-electron chi connectivity index (χ4n) is 1.72. The molecule has 0 heterocycles. The Morgan fingerprint density at radius 2 is 1.83 bits per heavy atom. The van der Waals surface area contributed by atoms with Gasteiger partial charge in [0.1, 0.15) is 0 Å². The number of hydrogen-bond donors (Lipinski definition) is 1. The van der Waals surface area contributed by atoms with E-state index in [1.807, 2.05) is 31.1 Å². The molecule has 0 unspecified atom stereocenters. The number of aliphatic hydroxyl groups excluding tert-OH is 1. The lowest BCUT2D eigenvalue weighted by Crippen LogP contribution is -2.09. The molecule has 0 amide bonds. The highest BCUT2D eigenvalue weighted by Gasteiger charge is 2.12. The van der Waals surface area contributed by atoms with Crippen molar-refractivity contribution in [2.45, 2.75) is 6.92 Å². The molecule has 1 rings (SSSR count). The normalized spacial score (nSPS) is 12.0. The smallest absolute Gasteiger partial charge is 0.373 e. The van der Waals surface area contributed by atoms with Crippen molar-refractivity contribution in [1.82, 2.24) is 0 Å². The summed E-state index contributed by atoms with van der Waals surface area (Å²) in [7, 11) is 3.85. The molecule has 5 nitrogen and oxygen atoms in total. The fourth-order valence-corrected chi connectivity index (χ4v) is 2.22. The molecule has 0 aliphatic heterocycles. The lowest BCUT2D eigenvalue weighted by atomic mass is 10.1. The Kier molecular flexibility index (Phi) is 7.41. The van der Waals surface area contributed by atoms with Crippen molar-refractivity contribution in [3.8, 4) is 0 Å². The summed E-state index contributed by atoms with van der Waals surface area (Å²) in [6.07, 6.45) is 4.35. The van der Waals surface area contributed by atoms with Gasteiger partial charge >= 0.3 is 5.97 Å². The van der Waals surface area contributed by atoms with Crippen molar-refractivity contribution in [1.29, 1.82) is 0 Å². The molecular formula is C17H21NO4S. The second-order valence-electron chi connectivity index (χ2n) is 4.78. The van der Waals surface area contributed by atoms with Gasteiger partial charge in [-0.15, -0.1) is 11.8 Å². The Bertz CT molecular complexity index is 618. The van der Waals surface area contributed by atoms with Gasteiger partial charge in [0.15, 0.2) is 5.78 Å². The monoisotopic (exact) mass is 335 g/mol. The summed E-state index contributed by atoms with van der Waals surface area (Å²) >= 11 is 1.24. The van der Waals surface area contributed by atoms with Gasteiger partial charge in [-0.1, -0.05) is 0 Å². The predicted molar refractivity (Wildman–Crippen MR) is 94.0 cm³/mol. The topological polar surface area (TPSA) is 66.8 Å². The van der Waals surface area contributed by atoms with Crippen LogP contribution in [0.2, 0.25) is 0 Å². The van der Waals surface area contributed by atoms with Gasteiger partial charge in [-0.3, -0.25) is 4.79 Å². The first-order valence-corrected chi connectivity index (χ1v) is 8.27. The minimum Gasteiger partial charge on any atom is -0.502 e. The first kappa shape index (κ1) is 18.8. The molecule has 0 radical (unpaired) electrons. The Hall–Kier alpha value is -2.21. The molecule has 0 aromatic heterocycles. The molecule has 0 spiro atoms. The van der Waals surface area contributed by atoms with Crippen LogP contribution in [0.5, 0.6) is 0 Å². The van der Waals surface area contributed by atoms with Crippen LogP contribution in [0.25, 0.3) is 0 Å². The Morgan fingerprint density at radius 3 is 2.30 bits per heavy atom. The van der Waals surface area contributed by atoms with E-state index in [4.69, 9.17) is 0 Å². The zero-order chi connectivity index (χ0) is 17.4. The molecule has 124 valence electrons. The van der Waals surface area contributed by atoms with E-state index in [0.717, 1.165) is 5.69 Å². The van der Waals surface area contributed by atoms with E-state index in [9.17, 15) is 14.7 Å². The van der Waals surface area contributed by atoms with E-state index < -0.39 is 11.7 Å². The number of esters is 1. The first-order chi connectivity index (χ1) is 10.9. The fraction of sp³-hybridized carbons (Fsp3) is 0.294. The summed E-state index contributed by atoms with van der Waals surface area (Å²) in [6.45, 7) is 1.82. The van der Waals surface area contributed by atoms with E-state index >= 15 is 0 Å². The number of ether oxygens (including phenoxy) is 1. The zero-order valence-electron chi connectivity index (χ0n) is 13.7. The van der Waals surface area contributed by atoms with Gasteiger partial charge in [0, 0.05) is 25.3 Å². The van der Waals surface area contributed by atoms with Gasteiger partial charge in [-0.05, 0) is 49.6 Å². The number of carbonyl (C=O) groups excluding carboxylic acids is 2. The van der Waals surface area contributed by atoms with Gasteiger partial charge in [0.25, 0.3) is 0 Å². The van der Waals surface area contributed by atoms with Gasteiger partial charge in [-0.25, -0.2) is 4.79 Å². The van der Waals surface area contributed by atoms with Crippen molar-refractivity contribution in [2.75, 3.05) is 31.9 Å². The van der Waals surface area contributed by atoms with Crippen molar-refractivity contribution >= 4 is 29.2 Å². The van der Waals surface area contributed by atoms with Crippen molar-refractivity contribution in [3.05, 3.63) is 52.6 Å². The van der Waals surface area contributed by atoms with Gasteiger partial charge in [0.05, 0.1) is 11.5 Å². The average molecular weight is 335 g/mol. The number of hydrogen-bond acceptors (Lipinski definition) is 6. The van der Waals surface area contributed by atoms with Crippen LogP contribution in [-0.4, -0.2) is 43.8 Å². The molecule has 6 heteroatoms. The number of rotatable bonds is 7. The van der Waals surface area contributed by atoms with Gasteiger partial charge < -0.3 is 14.7 Å². The van der Waals surface area contributed by atoms with Gasteiger partial charge in [0.2, 0.25) is 5.76 Å². The lowest BCUT2D eigenvalue weighted by molar-refractivity contribution is -0.141. The number of thioether (sulfide) groups is 1. The number of nitrogens with zero attached hydrogens (tertiary/aromatic N) is 1. The maximum atomic E-state index is 12.4. The second-order valence-corrected chi connectivity index (χ2v) is 5.63. The van der Waals surface area contributed by atoms with Crippen LogP contribution in [0.4, 0.5) is 5.69 Å². The van der Waals surface area contributed by atoms with Crippen LogP contribution in [0.3, 0.4) is 0 Å². The highest BCUT2D eigenvalue weighted by molar-refractivity contribution is 8.03. The number of anilines is 1. The van der Waals surface area contributed by atoms with Crippen molar-refractivity contribution in [3.63, 3.8) is 0 Å². The molecule has 0 saturated carbocycles. The third-order valence-corrected chi connectivity index (χ3v) is 3.73. The summed E-state index contributed by atoms with van der Waals surface area (Å²) in [5, 5.41) is 9.56. The van der Waals surface area contributed by atoms with E-state index in [-0.39, 0.29) is 12.4 Å². The van der Waals surface area contributed by atoms with Crippen molar-refractivity contribution in [2.24, 2.45) is 0 Å². The molecule has 23 heavy (non-hydrogen) atoms. The molecule has 1 aromatic carbocycles.